The first-order valence-corrected chi connectivity index (χ1v) is 10.0. The third-order valence-electron chi connectivity index (χ3n) is 3.24. The molecule has 20 heavy (non-hydrogen) atoms. The fourth-order valence-electron chi connectivity index (χ4n) is 2.19. The number of nitrogens with zero attached hydrogens (tertiary/aromatic N) is 1. The Kier molecular flexibility index (Phi) is 5.90. The summed E-state index contributed by atoms with van der Waals surface area (Å²) >= 11 is 10.5. The van der Waals surface area contributed by atoms with E-state index in [-0.39, 0.29) is 6.10 Å². The fraction of sp³-hybridized carbons (Fsp3) is 0.667. The third kappa shape index (κ3) is 3.56. The van der Waals surface area contributed by atoms with Crippen LogP contribution in [0.3, 0.4) is 0 Å². The number of halogens is 2. The predicted octanol–water partition coefficient (Wildman–Crippen LogP) is 3.44. The van der Waals surface area contributed by atoms with Crippen molar-refractivity contribution in [2.75, 3.05) is 19.7 Å². The van der Waals surface area contributed by atoms with Crippen LogP contribution in [0.2, 0.25) is 0 Å². The van der Waals surface area contributed by atoms with Crippen LogP contribution in [0.5, 0.6) is 0 Å². The lowest BCUT2D eigenvalue weighted by Crippen LogP contribution is -2.37. The van der Waals surface area contributed by atoms with Crippen molar-refractivity contribution in [3.8, 4) is 0 Å². The van der Waals surface area contributed by atoms with E-state index in [0.717, 1.165) is 24.3 Å². The molecule has 1 aromatic rings. The molecule has 4 nitrogen and oxygen atoms in total. The van der Waals surface area contributed by atoms with Crippen LogP contribution in [0, 0.1) is 0 Å². The van der Waals surface area contributed by atoms with Gasteiger partial charge in [0.1, 0.15) is 4.90 Å². The number of alkyl halides is 1. The molecular weight excluding hydrogens is 386 g/mol. The molecule has 0 bridgehead atoms. The van der Waals surface area contributed by atoms with Gasteiger partial charge in [-0.05, 0) is 34.8 Å². The number of hydrogen-bond donors (Lipinski definition) is 0. The maximum atomic E-state index is 12.7. The second kappa shape index (κ2) is 7.07. The van der Waals surface area contributed by atoms with Crippen molar-refractivity contribution in [3.05, 3.63) is 14.7 Å². The SMILES string of the molecule is CCN(CC1CCCO1)S(=O)(=O)c1cc(CCl)sc1Br. The molecule has 0 saturated carbocycles. The highest BCUT2D eigenvalue weighted by molar-refractivity contribution is 9.11. The Morgan fingerprint density at radius 1 is 1.60 bits per heavy atom. The number of ether oxygens (including phenoxy) is 1. The van der Waals surface area contributed by atoms with E-state index in [1.807, 2.05) is 6.92 Å². The molecule has 114 valence electrons. The highest BCUT2D eigenvalue weighted by Gasteiger charge is 2.30. The highest BCUT2D eigenvalue weighted by atomic mass is 79.9. The average molecular weight is 403 g/mol. The van der Waals surface area contributed by atoms with Gasteiger partial charge in [-0.15, -0.1) is 22.9 Å². The maximum Gasteiger partial charge on any atom is 0.245 e. The van der Waals surface area contributed by atoms with Gasteiger partial charge in [0.2, 0.25) is 10.0 Å². The van der Waals surface area contributed by atoms with Crippen LogP contribution in [-0.2, 0) is 20.6 Å². The van der Waals surface area contributed by atoms with Gasteiger partial charge in [0.15, 0.2) is 0 Å². The first-order chi connectivity index (χ1) is 9.48. The number of hydrogen-bond acceptors (Lipinski definition) is 4. The van der Waals surface area contributed by atoms with E-state index >= 15 is 0 Å². The lowest BCUT2D eigenvalue weighted by molar-refractivity contribution is 0.0947. The van der Waals surface area contributed by atoms with E-state index in [1.54, 1.807) is 6.07 Å². The van der Waals surface area contributed by atoms with Crippen LogP contribution in [0.15, 0.2) is 14.7 Å². The van der Waals surface area contributed by atoms with Crippen LogP contribution >= 0.6 is 38.9 Å². The largest absolute Gasteiger partial charge is 0.377 e. The van der Waals surface area contributed by atoms with E-state index in [1.165, 1.54) is 15.6 Å². The van der Waals surface area contributed by atoms with Crippen molar-refractivity contribution in [2.24, 2.45) is 0 Å². The molecule has 1 atom stereocenters. The van der Waals surface area contributed by atoms with Crippen molar-refractivity contribution in [1.82, 2.24) is 4.31 Å². The van der Waals surface area contributed by atoms with Gasteiger partial charge in [-0.25, -0.2) is 8.42 Å². The molecule has 0 N–H and O–H groups in total. The second-order valence-electron chi connectivity index (χ2n) is 4.58. The molecule has 2 rings (SSSR count). The summed E-state index contributed by atoms with van der Waals surface area (Å²) < 4.78 is 33.0. The van der Waals surface area contributed by atoms with Gasteiger partial charge in [0, 0.05) is 24.6 Å². The Hall–Kier alpha value is 0.340. The Balaban J connectivity index is 2.23. The molecule has 0 radical (unpaired) electrons. The van der Waals surface area contributed by atoms with E-state index in [9.17, 15) is 8.42 Å². The van der Waals surface area contributed by atoms with Gasteiger partial charge < -0.3 is 4.74 Å². The van der Waals surface area contributed by atoms with Crippen molar-refractivity contribution < 1.29 is 13.2 Å². The molecule has 0 aromatic carbocycles. The van der Waals surface area contributed by atoms with Gasteiger partial charge in [0.25, 0.3) is 0 Å². The maximum absolute atomic E-state index is 12.7. The van der Waals surface area contributed by atoms with E-state index in [4.69, 9.17) is 16.3 Å². The van der Waals surface area contributed by atoms with Gasteiger partial charge in [-0.2, -0.15) is 4.31 Å². The van der Waals surface area contributed by atoms with E-state index in [0.29, 0.717) is 27.7 Å². The van der Waals surface area contributed by atoms with Gasteiger partial charge in [0.05, 0.1) is 15.8 Å². The zero-order chi connectivity index (χ0) is 14.8. The standard InChI is InChI=1S/C12H17BrClNO3S2/c1-2-15(8-9-4-3-5-18-9)20(16,17)11-6-10(7-14)19-12(11)13/h6,9H,2-5,7-8H2,1H3. The summed E-state index contributed by atoms with van der Waals surface area (Å²) in [5.74, 6) is 0.316. The van der Waals surface area contributed by atoms with Crippen LogP contribution in [0.25, 0.3) is 0 Å². The molecular formula is C12H17BrClNO3S2. The van der Waals surface area contributed by atoms with Crippen LogP contribution in [-0.4, -0.2) is 38.5 Å². The van der Waals surface area contributed by atoms with Crippen molar-refractivity contribution in [3.63, 3.8) is 0 Å². The Labute approximate surface area is 137 Å². The molecule has 0 amide bonds. The van der Waals surface area contributed by atoms with Crippen LogP contribution < -0.4 is 0 Å². The number of rotatable bonds is 6. The minimum atomic E-state index is -3.50. The third-order valence-corrected chi connectivity index (χ3v) is 7.88. The number of sulfonamides is 1. The fourth-order valence-corrected chi connectivity index (χ4v) is 6.40. The van der Waals surface area contributed by atoms with Crippen molar-refractivity contribution >= 4 is 48.9 Å². The summed E-state index contributed by atoms with van der Waals surface area (Å²) in [7, 11) is -3.50. The molecule has 1 saturated heterocycles. The first-order valence-electron chi connectivity index (χ1n) is 6.45. The van der Waals surface area contributed by atoms with Crippen molar-refractivity contribution in [2.45, 2.75) is 36.6 Å². The van der Waals surface area contributed by atoms with Crippen LogP contribution in [0.1, 0.15) is 24.6 Å². The summed E-state index contributed by atoms with van der Waals surface area (Å²) in [6.45, 7) is 3.41. The normalized spacial score (nSPS) is 19.9. The zero-order valence-corrected chi connectivity index (χ0v) is 15.1. The monoisotopic (exact) mass is 401 g/mol. The smallest absolute Gasteiger partial charge is 0.245 e. The molecule has 1 aliphatic heterocycles. The summed E-state index contributed by atoms with van der Waals surface area (Å²) in [6, 6.07) is 1.65. The summed E-state index contributed by atoms with van der Waals surface area (Å²) in [5, 5.41) is 0. The van der Waals surface area contributed by atoms with Crippen LogP contribution in [0.4, 0.5) is 0 Å². The molecule has 1 fully saturated rings. The summed E-state index contributed by atoms with van der Waals surface area (Å²) in [4.78, 5) is 1.14. The lowest BCUT2D eigenvalue weighted by atomic mass is 10.2. The Morgan fingerprint density at radius 3 is 2.85 bits per heavy atom. The topological polar surface area (TPSA) is 46.6 Å². The number of thiophene rings is 1. The molecule has 0 aliphatic carbocycles. The molecule has 1 aromatic heterocycles. The summed E-state index contributed by atoms with van der Waals surface area (Å²) in [5.41, 5.74) is 0. The second-order valence-corrected chi connectivity index (χ2v) is 9.20. The Bertz CT molecular complexity index is 555. The zero-order valence-electron chi connectivity index (χ0n) is 11.1. The minimum Gasteiger partial charge on any atom is -0.377 e. The van der Waals surface area contributed by atoms with Gasteiger partial charge >= 0.3 is 0 Å². The number of likely N-dealkylation sites (N-methyl/N-ethyl adjacent to an activating group) is 1. The molecule has 1 aliphatic rings. The minimum absolute atomic E-state index is 0.00892. The van der Waals surface area contributed by atoms with Crippen molar-refractivity contribution in [1.29, 1.82) is 0 Å². The van der Waals surface area contributed by atoms with E-state index in [2.05, 4.69) is 15.9 Å². The lowest BCUT2D eigenvalue weighted by Gasteiger charge is -2.23. The molecule has 2 heterocycles. The first kappa shape index (κ1) is 16.7. The Morgan fingerprint density at radius 2 is 2.35 bits per heavy atom. The summed E-state index contributed by atoms with van der Waals surface area (Å²) in [6.07, 6.45) is 1.93. The average Bonchev–Trinajstić information content (AvgIpc) is 3.04. The quantitative estimate of drug-likeness (QED) is 0.685. The highest BCUT2D eigenvalue weighted by Crippen LogP contribution is 2.34. The molecule has 0 spiro atoms. The van der Waals surface area contributed by atoms with Gasteiger partial charge in [-0.3, -0.25) is 0 Å². The molecule has 8 heteroatoms. The van der Waals surface area contributed by atoms with E-state index < -0.39 is 10.0 Å². The predicted molar refractivity (Wildman–Crippen MR) is 85.0 cm³/mol. The van der Waals surface area contributed by atoms with Gasteiger partial charge in [-0.1, -0.05) is 6.92 Å². The molecule has 1 unspecified atom stereocenters.